The average molecular weight is 595 g/mol. The van der Waals surface area contributed by atoms with Crippen LogP contribution in [0, 0.1) is 0 Å². The van der Waals surface area contributed by atoms with Crippen LogP contribution in [0.4, 0.5) is 11.4 Å². The molecule has 4 N–H and O–H groups in total. The van der Waals surface area contributed by atoms with Gasteiger partial charge in [-0.25, -0.2) is 8.42 Å². The van der Waals surface area contributed by atoms with E-state index in [1.165, 1.54) is 4.31 Å². The maximum absolute atomic E-state index is 13.6. The quantitative estimate of drug-likeness (QED) is 0.211. The lowest BCUT2D eigenvalue weighted by atomic mass is 10.00. The van der Waals surface area contributed by atoms with Crippen LogP contribution in [0.1, 0.15) is 41.3 Å². The van der Waals surface area contributed by atoms with Crippen molar-refractivity contribution in [1.82, 2.24) is 10.6 Å². The zero-order chi connectivity index (χ0) is 30.0. The van der Waals surface area contributed by atoms with E-state index in [9.17, 15) is 18.3 Å². The highest BCUT2D eigenvalue weighted by Crippen LogP contribution is 2.28. The smallest absolute Gasteiger partial charge is 0.251 e. The number of amides is 1. The Morgan fingerprint density at radius 3 is 2.55 bits per heavy atom. The van der Waals surface area contributed by atoms with E-state index in [4.69, 9.17) is 4.74 Å². The predicted octanol–water partition coefficient (Wildman–Crippen LogP) is 3.59. The van der Waals surface area contributed by atoms with Gasteiger partial charge in [-0.3, -0.25) is 9.10 Å². The van der Waals surface area contributed by atoms with Crippen molar-refractivity contribution < 1.29 is 23.1 Å². The largest absolute Gasteiger partial charge is 0.496 e. The van der Waals surface area contributed by atoms with Gasteiger partial charge in [-0.2, -0.15) is 0 Å². The van der Waals surface area contributed by atoms with E-state index in [1.54, 1.807) is 25.3 Å². The molecule has 2 atom stereocenters. The number of carbonyl (C=O) groups is 1. The summed E-state index contributed by atoms with van der Waals surface area (Å²) < 4.78 is 32.5. The molecule has 42 heavy (non-hydrogen) atoms. The van der Waals surface area contributed by atoms with Crippen molar-refractivity contribution in [2.45, 2.75) is 44.8 Å². The second-order valence-corrected chi connectivity index (χ2v) is 12.5. The topological polar surface area (TPSA) is 120 Å². The van der Waals surface area contributed by atoms with Crippen LogP contribution in [0.2, 0.25) is 0 Å². The lowest BCUT2D eigenvalue weighted by Gasteiger charge is -2.29. The van der Waals surface area contributed by atoms with Crippen LogP contribution < -0.4 is 25.0 Å². The van der Waals surface area contributed by atoms with Crippen LogP contribution >= 0.6 is 0 Å². The zero-order valence-corrected chi connectivity index (χ0v) is 25.2. The van der Waals surface area contributed by atoms with Crippen molar-refractivity contribution in [1.29, 1.82) is 0 Å². The molecule has 0 spiro atoms. The van der Waals surface area contributed by atoms with Crippen LogP contribution in [0.15, 0.2) is 72.8 Å². The molecule has 0 bridgehead atoms. The summed E-state index contributed by atoms with van der Waals surface area (Å²) in [6.07, 6.45) is 1.69. The number of hydrogen-bond donors (Lipinski definition) is 4. The van der Waals surface area contributed by atoms with E-state index in [0.29, 0.717) is 49.4 Å². The van der Waals surface area contributed by atoms with Gasteiger partial charge in [0.15, 0.2) is 0 Å². The lowest BCUT2D eigenvalue weighted by Crippen LogP contribution is -2.49. The van der Waals surface area contributed by atoms with Crippen LogP contribution in [-0.4, -0.2) is 70.6 Å². The Morgan fingerprint density at radius 1 is 1.05 bits per heavy atom. The number of aliphatic hydroxyl groups excluding tert-OH is 1. The first kappa shape index (κ1) is 31.3. The summed E-state index contributed by atoms with van der Waals surface area (Å²) in [5, 5.41) is 20.8. The minimum atomic E-state index is -3.45. The van der Waals surface area contributed by atoms with Crippen molar-refractivity contribution in [2.24, 2.45) is 0 Å². The van der Waals surface area contributed by atoms with Gasteiger partial charge in [0.25, 0.3) is 5.91 Å². The zero-order valence-electron chi connectivity index (χ0n) is 24.4. The fourth-order valence-electron chi connectivity index (χ4n) is 5.20. The Morgan fingerprint density at radius 2 is 1.81 bits per heavy atom. The number of benzene rings is 3. The van der Waals surface area contributed by atoms with Crippen LogP contribution in [0.3, 0.4) is 0 Å². The Balaban J connectivity index is 1.49. The number of nitrogens with zero attached hydrogens (tertiary/aromatic N) is 1. The van der Waals surface area contributed by atoms with Gasteiger partial charge in [0.1, 0.15) is 5.75 Å². The SMILES string of the molecule is CCNc1cc(C(=O)N[C@@H](Cc2ccccc2)[C@H](O)CNCCc2ccccc2OC)cc(N2CCCCS2(=O)=O)c1. The summed E-state index contributed by atoms with van der Waals surface area (Å²) >= 11 is 0. The van der Waals surface area contributed by atoms with E-state index in [1.807, 2.05) is 61.5 Å². The summed E-state index contributed by atoms with van der Waals surface area (Å²) in [6, 6.07) is 22.1. The molecule has 1 fully saturated rings. The summed E-state index contributed by atoms with van der Waals surface area (Å²) in [5.41, 5.74) is 3.52. The van der Waals surface area contributed by atoms with Crippen molar-refractivity contribution in [2.75, 3.05) is 48.7 Å². The average Bonchev–Trinajstić information content (AvgIpc) is 2.99. The molecule has 0 radical (unpaired) electrons. The Bertz CT molecular complexity index is 1420. The first-order valence-electron chi connectivity index (χ1n) is 14.6. The van der Waals surface area contributed by atoms with Crippen LogP contribution in [0.5, 0.6) is 5.75 Å². The van der Waals surface area contributed by atoms with Gasteiger partial charge in [-0.05, 0) is 74.5 Å². The van der Waals surface area contributed by atoms with Crippen molar-refractivity contribution in [3.8, 4) is 5.75 Å². The molecule has 9 nitrogen and oxygen atoms in total. The molecule has 226 valence electrons. The molecular formula is C32H42N4O5S. The monoisotopic (exact) mass is 594 g/mol. The first-order valence-corrected chi connectivity index (χ1v) is 16.2. The van der Waals surface area contributed by atoms with Crippen molar-refractivity contribution in [3.63, 3.8) is 0 Å². The molecule has 10 heteroatoms. The highest BCUT2D eigenvalue weighted by atomic mass is 32.2. The molecule has 4 rings (SSSR count). The molecule has 0 unspecified atom stereocenters. The number of nitrogens with one attached hydrogen (secondary N) is 3. The molecular weight excluding hydrogens is 552 g/mol. The van der Waals surface area contributed by atoms with Gasteiger partial charge in [-0.15, -0.1) is 0 Å². The van der Waals surface area contributed by atoms with Gasteiger partial charge in [0.05, 0.1) is 30.7 Å². The summed E-state index contributed by atoms with van der Waals surface area (Å²) in [7, 11) is -1.80. The fraction of sp³-hybridized carbons (Fsp3) is 0.406. The number of carbonyl (C=O) groups excluding carboxylic acids is 1. The number of para-hydroxylation sites is 1. The van der Waals surface area contributed by atoms with Crippen LogP contribution in [-0.2, 0) is 22.9 Å². The molecule has 0 aliphatic carbocycles. The number of hydrogen-bond acceptors (Lipinski definition) is 7. The summed E-state index contributed by atoms with van der Waals surface area (Å²) in [5.74, 6) is 0.542. The molecule has 1 saturated heterocycles. The Labute approximate surface area is 249 Å². The second kappa shape index (κ2) is 15.0. The maximum Gasteiger partial charge on any atom is 0.251 e. The highest BCUT2D eigenvalue weighted by molar-refractivity contribution is 7.92. The maximum atomic E-state index is 13.6. The fourth-order valence-corrected chi connectivity index (χ4v) is 6.82. The van der Waals surface area contributed by atoms with E-state index in [0.717, 1.165) is 29.7 Å². The van der Waals surface area contributed by atoms with Gasteiger partial charge >= 0.3 is 0 Å². The van der Waals surface area contributed by atoms with Gasteiger partial charge in [0.2, 0.25) is 10.0 Å². The molecule has 3 aromatic carbocycles. The summed E-state index contributed by atoms with van der Waals surface area (Å²) in [6.45, 7) is 3.85. The number of methoxy groups -OCH3 is 1. The minimum Gasteiger partial charge on any atom is -0.496 e. The minimum absolute atomic E-state index is 0.0926. The Hall–Kier alpha value is -3.60. The standard InChI is InChI=1S/C32H42N4O5S/c1-3-34-27-20-26(21-28(22-27)36-17-9-10-18-42(36,39)40)32(38)35-29(19-24-11-5-4-6-12-24)30(37)23-33-16-15-25-13-7-8-14-31(25)41-2/h4-8,11-14,20-22,29-30,33-34,37H,3,9-10,15-19,23H2,1-2H3,(H,35,38)/t29-,30+/m0/s1. The molecule has 1 aliphatic heterocycles. The van der Waals surface area contributed by atoms with E-state index in [2.05, 4.69) is 16.0 Å². The number of rotatable bonds is 14. The number of aliphatic hydroxyl groups is 1. The van der Waals surface area contributed by atoms with Gasteiger partial charge in [0, 0.05) is 30.9 Å². The third-order valence-electron chi connectivity index (χ3n) is 7.39. The third kappa shape index (κ3) is 8.47. The molecule has 1 amide bonds. The summed E-state index contributed by atoms with van der Waals surface area (Å²) in [4.78, 5) is 13.6. The van der Waals surface area contributed by atoms with Crippen LogP contribution in [0.25, 0.3) is 0 Å². The molecule has 1 heterocycles. The van der Waals surface area contributed by atoms with Gasteiger partial charge < -0.3 is 25.8 Å². The third-order valence-corrected chi connectivity index (χ3v) is 9.26. The van der Waals surface area contributed by atoms with Crippen molar-refractivity contribution >= 4 is 27.3 Å². The van der Waals surface area contributed by atoms with E-state index >= 15 is 0 Å². The molecule has 0 saturated carbocycles. The molecule has 1 aliphatic rings. The van der Waals surface area contributed by atoms with Crippen molar-refractivity contribution in [3.05, 3.63) is 89.5 Å². The normalized spacial score (nSPS) is 15.9. The van der Waals surface area contributed by atoms with E-state index < -0.39 is 22.2 Å². The number of ether oxygens (including phenoxy) is 1. The first-order chi connectivity index (χ1) is 20.3. The van der Waals surface area contributed by atoms with Gasteiger partial charge in [-0.1, -0.05) is 48.5 Å². The van der Waals surface area contributed by atoms with E-state index in [-0.39, 0.29) is 18.2 Å². The Kier molecular flexibility index (Phi) is 11.2. The molecule has 3 aromatic rings. The second-order valence-electron chi connectivity index (χ2n) is 10.5. The predicted molar refractivity (Wildman–Crippen MR) is 168 cm³/mol. The molecule has 0 aromatic heterocycles. The highest BCUT2D eigenvalue weighted by Gasteiger charge is 2.28. The number of sulfonamides is 1. The lowest BCUT2D eigenvalue weighted by molar-refractivity contribution is 0.0831. The number of anilines is 2.